The summed E-state index contributed by atoms with van der Waals surface area (Å²) in [6.45, 7) is 0. The van der Waals surface area contributed by atoms with Crippen molar-refractivity contribution in [2.75, 3.05) is 5.32 Å². The number of rotatable bonds is 0. The number of hydrogen-bond acceptors (Lipinski definition) is 4. The van der Waals surface area contributed by atoms with E-state index < -0.39 is 0 Å². The number of aromatic nitrogens is 3. The van der Waals surface area contributed by atoms with Crippen LogP contribution in [0.4, 0.5) is 5.82 Å². The van der Waals surface area contributed by atoms with Crippen molar-refractivity contribution < 1.29 is 4.74 Å². The van der Waals surface area contributed by atoms with Gasteiger partial charge >= 0.3 is 0 Å². The van der Waals surface area contributed by atoms with E-state index in [-0.39, 0.29) is 0 Å². The molecule has 2 aliphatic rings. The molecule has 2 atom stereocenters. The fraction of sp³-hybridized carbons (Fsp3) is 0.545. The van der Waals surface area contributed by atoms with Gasteiger partial charge in [-0.15, -0.1) is 0 Å². The zero-order chi connectivity index (χ0) is 11.2. The van der Waals surface area contributed by atoms with Crippen molar-refractivity contribution in [3.8, 4) is 5.75 Å². The van der Waals surface area contributed by atoms with Gasteiger partial charge in [0.15, 0.2) is 16.9 Å². The first-order valence-electron chi connectivity index (χ1n) is 6.04. The van der Waals surface area contributed by atoms with E-state index in [1.54, 1.807) is 4.52 Å². The highest BCUT2D eigenvalue weighted by molar-refractivity contribution is 7.34. The van der Waals surface area contributed by atoms with Crippen LogP contribution in [0.1, 0.15) is 25.7 Å². The van der Waals surface area contributed by atoms with E-state index in [0.717, 1.165) is 31.6 Å². The lowest BCUT2D eigenvalue weighted by Crippen LogP contribution is -2.43. The largest absolute Gasteiger partial charge is 0.483 e. The molecule has 88 valence electrons. The van der Waals surface area contributed by atoms with Gasteiger partial charge in [0.1, 0.15) is 6.10 Å². The van der Waals surface area contributed by atoms with E-state index in [1.807, 2.05) is 12.1 Å². The van der Waals surface area contributed by atoms with Gasteiger partial charge in [-0.1, -0.05) is 6.42 Å². The van der Waals surface area contributed by atoms with E-state index in [1.165, 1.54) is 19.3 Å². The van der Waals surface area contributed by atoms with E-state index in [0.29, 0.717) is 12.1 Å². The Kier molecular flexibility index (Phi) is 2.03. The number of anilines is 1. The van der Waals surface area contributed by atoms with Gasteiger partial charge in [0.05, 0.1) is 18.2 Å². The summed E-state index contributed by atoms with van der Waals surface area (Å²) in [5.74, 6) is 3.57. The molecule has 2 unspecified atom stereocenters. The molecular formula is C11H13N4OP. The molecule has 0 saturated heterocycles. The molecule has 6 heteroatoms. The standard InChI is InChI=1S/C11H13N4OP/c1-2-4-8-7(3-1)13-10-9(16-8)5-15-11(14-10)17-6-12-15/h5-8H,1-4H2,(H,13,14). The molecule has 1 saturated carbocycles. The molecule has 0 radical (unpaired) electrons. The summed E-state index contributed by atoms with van der Waals surface area (Å²) in [5.41, 5.74) is 0. The number of ether oxygens (including phenoxy) is 1. The van der Waals surface area contributed by atoms with Gasteiger partial charge in [0.2, 0.25) is 0 Å². The van der Waals surface area contributed by atoms with Gasteiger partial charge in [-0.05, 0) is 27.5 Å². The highest BCUT2D eigenvalue weighted by atomic mass is 31.0. The first kappa shape index (κ1) is 9.66. The van der Waals surface area contributed by atoms with E-state index in [9.17, 15) is 0 Å². The second-order valence-electron chi connectivity index (χ2n) is 4.65. The van der Waals surface area contributed by atoms with Crippen LogP contribution in [0.5, 0.6) is 5.75 Å². The summed E-state index contributed by atoms with van der Waals surface area (Å²) in [4.78, 5) is 4.57. The topological polar surface area (TPSA) is 51.5 Å². The molecule has 5 nitrogen and oxygen atoms in total. The van der Waals surface area contributed by atoms with Gasteiger partial charge in [-0.2, -0.15) is 5.10 Å². The lowest BCUT2D eigenvalue weighted by Gasteiger charge is -2.37. The smallest absolute Gasteiger partial charge is 0.184 e. The minimum absolute atomic E-state index is 0.305. The molecule has 0 spiro atoms. The van der Waals surface area contributed by atoms with Crippen LogP contribution in [-0.2, 0) is 0 Å². The van der Waals surface area contributed by atoms with Crippen molar-refractivity contribution in [3.63, 3.8) is 0 Å². The zero-order valence-corrected chi connectivity index (χ0v) is 10.2. The quantitative estimate of drug-likeness (QED) is 0.778. The second-order valence-corrected chi connectivity index (χ2v) is 5.54. The second kappa shape index (κ2) is 3.57. The van der Waals surface area contributed by atoms with Crippen LogP contribution in [0.3, 0.4) is 0 Å². The van der Waals surface area contributed by atoms with Crippen molar-refractivity contribution in [2.24, 2.45) is 0 Å². The number of nitrogens with one attached hydrogen (secondary N) is 1. The predicted molar refractivity (Wildman–Crippen MR) is 65.8 cm³/mol. The minimum atomic E-state index is 0.305. The van der Waals surface area contributed by atoms with E-state index in [2.05, 4.69) is 15.4 Å². The van der Waals surface area contributed by atoms with Crippen LogP contribution in [0, 0.1) is 0 Å². The molecule has 1 aliphatic heterocycles. The van der Waals surface area contributed by atoms with Crippen molar-refractivity contribution >= 4 is 19.4 Å². The van der Waals surface area contributed by atoms with Crippen molar-refractivity contribution in [2.45, 2.75) is 37.8 Å². The Morgan fingerprint density at radius 1 is 1.41 bits per heavy atom. The molecule has 0 bridgehead atoms. The average molecular weight is 248 g/mol. The maximum atomic E-state index is 6.04. The summed E-state index contributed by atoms with van der Waals surface area (Å²) in [6.07, 6.45) is 7.12. The van der Waals surface area contributed by atoms with Gasteiger partial charge in [0, 0.05) is 0 Å². The van der Waals surface area contributed by atoms with Crippen LogP contribution in [0.15, 0.2) is 12.1 Å². The maximum Gasteiger partial charge on any atom is 0.184 e. The molecule has 0 aromatic carbocycles. The van der Waals surface area contributed by atoms with Crippen LogP contribution in [-0.4, -0.2) is 26.7 Å². The van der Waals surface area contributed by atoms with Gasteiger partial charge in [-0.25, -0.2) is 9.50 Å². The number of nitrogens with zero attached hydrogens (tertiary/aromatic N) is 3. The normalized spacial score (nSPS) is 27.3. The van der Waals surface area contributed by atoms with Crippen molar-refractivity contribution in [3.05, 3.63) is 12.1 Å². The predicted octanol–water partition coefficient (Wildman–Crippen LogP) is 2.42. The van der Waals surface area contributed by atoms with E-state index in [4.69, 9.17) is 4.74 Å². The molecule has 17 heavy (non-hydrogen) atoms. The minimum Gasteiger partial charge on any atom is -0.483 e. The van der Waals surface area contributed by atoms with Crippen molar-refractivity contribution in [1.82, 2.24) is 14.6 Å². The Bertz CT molecular complexity index is 522. The third-order valence-corrected chi connectivity index (χ3v) is 4.30. The molecule has 1 aliphatic carbocycles. The molecule has 1 N–H and O–H groups in total. The van der Waals surface area contributed by atoms with Crippen LogP contribution in [0.2, 0.25) is 0 Å². The van der Waals surface area contributed by atoms with E-state index >= 15 is 0 Å². The molecule has 1 fully saturated rings. The number of fused-ring (bicyclic) bond motifs is 3. The van der Waals surface area contributed by atoms with Crippen LogP contribution in [0.25, 0.3) is 5.38 Å². The third kappa shape index (κ3) is 1.49. The molecule has 0 amide bonds. The molecule has 3 heterocycles. The van der Waals surface area contributed by atoms with Crippen LogP contribution < -0.4 is 10.1 Å². The fourth-order valence-electron chi connectivity index (χ4n) is 2.67. The molecular weight excluding hydrogens is 235 g/mol. The summed E-state index contributed by atoms with van der Waals surface area (Å²) >= 11 is 0. The summed E-state index contributed by atoms with van der Waals surface area (Å²) in [6, 6.07) is 0.436. The monoisotopic (exact) mass is 248 g/mol. The highest BCUT2D eigenvalue weighted by Gasteiger charge is 2.32. The van der Waals surface area contributed by atoms with Gasteiger partial charge < -0.3 is 10.1 Å². The average Bonchev–Trinajstić information content (AvgIpc) is 2.80. The third-order valence-electron chi connectivity index (χ3n) is 3.54. The first-order chi connectivity index (χ1) is 8.40. The summed E-state index contributed by atoms with van der Waals surface area (Å²) < 4.78 is 7.84. The Morgan fingerprint density at radius 2 is 2.35 bits per heavy atom. The zero-order valence-electron chi connectivity index (χ0n) is 9.33. The van der Waals surface area contributed by atoms with Gasteiger partial charge in [0.25, 0.3) is 0 Å². The number of hydrogen-bond donors (Lipinski definition) is 1. The van der Waals surface area contributed by atoms with Gasteiger partial charge in [-0.3, -0.25) is 0 Å². The van der Waals surface area contributed by atoms with Crippen LogP contribution >= 0.6 is 8.19 Å². The highest BCUT2D eigenvalue weighted by Crippen LogP contribution is 2.35. The first-order valence-corrected chi connectivity index (χ1v) is 7.00. The van der Waals surface area contributed by atoms with Crippen molar-refractivity contribution in [1.29, 1.82) is 0 Å². The maximum absolute atomic E-state index is 6.04. The Hall–Kier alpha value is -1.35. The molecule has 2 aromatic rings. The Morgan fingerprint density at radius 3 is 3.35 bits per heavy atom. The SMILES string of the molecule is c1nn2cc3c(nc2p1)NC1CCCCC1O3. The summed E-state index contributed by atoms with van der Waals surface area (Å²) in [7, 11) is 1.05. The summed E-state index contributed by atoms with van der Waals surface area (Å²) in [5, 5.41) is 8.69. The lowest BCUT2D eigenvalue weighted by atomic mass is 9.91. The molecule has 2 aromatic heterocycles. The Labute approximate surface area is 100 Å². The lowest BCUT2D eigenvalue weighted by molar-refractivity contribution is 0.129. The molecule has 4 rings (SSSR count). The Balaban J connectivity index is 1.79. The fourth-order valence-corrected chi connectivity index (χ4v) is 3.33.